The Morgan fingerprint density at radius 2 is 1.93 bits per heavy atom. The molecule has 0 aromatic heterocycles. The molecule has 0 aliphatic carbocycles. The first-order chi connectivity index (χ1) is 13.7. The van der Waals surface area contributed by atoms with Crippen LogP contribution in [-0.2, 0) is 9.53 Å². The number of ether oxygens (including phenoxy) is 1. The molecule has 1 aromatic rings. The molecule has 4 heterocycles. The lowest BCUT2D eigenvalue weighted by Gasteiger charge is -2.37. The van der Waals surface area contributed by atoms with Crippen molar-refractivity contribution in [1.82, 2.24) is 9.80 Å². The topological polar surface area (TPSA) is 74.6 Å². The van der Waals surface area contributed by atoms with E-state index in [4.69, 9.17) is 4.74 Å². The second-order valence-corrected chi connectivity index (χ2v) is 7.60. The molecule has 0 N–H and O–H groups in total. The van der Waals surface area contributed by atoms with Gasteiger partial charge < -0.3 is 9.64 Å². The van der Waals surface area contributed by atoms with Crippen LogP contribution in [0.25, 0.3) is 0 Å². The average molecular weight is 378 g/mol. The van der Waals surface area contributed by atoms with Gasteiger partial charge in [0.15, 0.2) is 5.60 Å². The maximum atomic E-state index is 13.3. The predicted molar refractivity (Wildman–Crippen MR) is 104 cm³/mol. The Morgan fingerprint density at radius 3 is 2.64 bits per heavy atom. The van der Waals surface area contributed by atoms with Gasteiger partial charge in [0, 0.05) is 49.6 Å². The molecule has 3 fully saturated rings. The third kappa shape index (κ3) is 2.69. The van der Waals surface area contributed by atoms with Gasteiger partial charge in [-0.3, -0.25) is 24.5 Å². The summed E-state index contributed by atoms with van der Waals surface area (Å²) in [4.78, 5) is 38.3. The second-order valence-electron chi connectivity index (χ2n) is 7.60. The van der Waals surface area contributed by atoms with Crippen LogP contribution >= 0.6 is 0 Å². The smallest absolute Gasteiger partial charge is 0.261 e. The Hall–Kier alpha value is -2.80. The minimum absolute atomic E-state index is 0.0126. The molecular weight excluding hydrogens is 356 g/mol. The first kappa shape index (κ1) is 17.3. The molecule has 7 heteroatoms. The average Bonchev–Trinajstić information content (AvgIpc) is 3.28. The van der Waals surface area contributed by atoms with E-state index < -0.39 is 5.60 Å². The molecule has 4 aliphatic heterocycles. The van der Waals surface area contributed by atoms with Crippen LogP contribution in [0.2, 0.25) is 0 Å². The minimum atomic E-state index is -0.813. The number of nitrogens with zero attached hydrogens (tertiary/aromatic N) is 4. The SMILES string of the molecule is O=C(c1ccccc1)N1CCC2(CC1)O[C@@H]1CC/C(=C3/CN=CC=N3)N1C2=O. The molecule has 4 aliphatic rings. The van der Waals surface area contributed by atoms with Crippen LogP contribution in [0.3, 0.4) is 0 Å². The van der Waals surface area contributed by atoms with E-state index in [0.29, 0.717) is 38.0 Å². The van der Waals surface area contributed by atoms with Crippen molar-refractivity contribution in [2.45, 2.75) is 37.5 Å². The van der Waals surface area contributed by atoms with E-state index in [2.05, 4.69) is 9.98 Å². The maximum absolute atomic E-state index is 13.3. The van der Waals surface area contributed by atoms with Crippen molar-refractivity contribution in [3.63, 3.8) is 0 Å². The fourth-order valence-electron chi connectivity index (χ4n) is 4.54. The molecule has 28 heavy (non-hydrogen) atoms. The van der Waals surface area contributed by atoms with E-state index in [1.807, 2.05) is 40.1 Å². The molecular formula is C21H22N4O3. The van der Waals surface area contributed by atoms with Crippen LogP contribution in [0.1, 0.15) is 36.0 Å². The van der Waals surface area contributed by atoms with Gasteiger partial charge in [-0.15, -0.1) is 0 Å². The van der Waals surface area contributed by atoms with Gasteiger partial charge >= 0.3 is 0 Å². The quantitative estimate of drug-likeness (QED) is 0.750. The van der Waals surface area contributed by atoms with Crippen LogP contribution in [-0.4, -0.2) is 65.5 Å². The van der Waals surface area contributed by atoms with Crippen molar-refractivity contribution >= 4 is 24.2 Å². The number of fused-ring (bicyclic) bond motifs is 1. The zero-order valence-corrected chi connectivity index (χ0v) is 15.6. The van der Waals surface area contributed by atoms with E-state index in [1.165, 1.54) is 0 Å². The summed E-state index contributed by atoms with van der Waals surface area (Å²) in [5, 5.41) is 0. The maximum Gasteiger partial charge on any atom is 0.261 e. The minimum Gasteiger partial charge on any atom is -0.341 e. The van der Waals surface area contributed by atoms with Crippen molar-refractivity contribution in [2.75, 3.05) is 19.6 Å². The monoisotopic (exact) mass is 378 g/mol. The number of allylic oxidation sites excluding steroid dienone is 1. The fourth-order valence-corrected chi connectivity index (χ4v) is 4.54. The largest absolute Gasteiger partial charge is 0.341 e. The molecule has 3 saturated heterocycles. The van der Waals surface area contributed by atoms with Crippen molar-refractivity contribution in [1.29, 1.82) is 0 Å². The van der Waals surface area contributed by atoms with Crippen molar-refractivity contribution in [3.8, 4) is 0 Å². The normalized spacial score (nSPS) is 28.3. The zero-order valence-electron chi connectivity index (χ0n) is 15.6. The number of carbonyl (C=O) groups excluding carboxylic acids is 2. The summed E-state index contributed by atoms with van der Waals surface area (Å²) in [5.74, 6) is 0.0349. The molecule has 1 aromatic carbocycles. The van der Waals surface area contributed by atoms with Gasteiger partial charge in [0.25, 0.3) is 11.8 Å². The highest BCUT2D eigenvalue weighted by molar-refractivity contribution is 6.17. The van der Waals surface area contributed by atoms with E-state index >= 15 is 0 Å². The Balaban J connectivity index is 1.32. The highest BCUT2D eigenvalue weighted by atomic mass is 16.6. The van der Waals surface area contributed by atoms with Crippen molar-refractivity contribution in [3.05, 3.63) is 47.3 Å². The van der Waals surface area contributed by atoms with Gasteiger partial charge in [0.05, 0.1) is 12.2 Å². The fraction of sp³-hybridized carbons (Fsp3) is 0.429. The first-order valence-corrected chi connectivity index (χ1v) is 9.78. The van der Waals surface area contributed by atoms with Gasteiger partial charge in [0.1, 0.15) is 6.23 Å². The van der Waals surface area contributed by atoms with E-state index in [-0.39, 0.29) is 18.0 Å². The number of rotatable bonds is 1. The molecule has 7 nitrogen and oxygen atoms in total. The molecule has 1 atom stereocenters. The lowest BCUT2D eigenvalue weighted by atomic mass is 9.90. The predicted octanol–water partition coefficient (Wildman–Crippen LogP) is 2.01. The summed E-state index contributed by atoms with van der Waals surface area (Å²) < 4.78 is 6.29. The number of amides is 2. The van der Waals surface area contributed by atoms with Gasteiger partial charge in [0.2, 0.25) is 0 Å². The van der Waals surface area contributed by atoms with Crippen LogP contribution in [0.5, 0.6) is 0 Å². The van der Waals surface area contributed by atoms with Crippen LogP contribution in [0, 0.1) is 0 Å². The first-order valence-electron chi connectivity index (χ1n) is 9.78. The van der Waals surface area contributed by atoms with Crippen LogP contribution < -0.4 is 0 Å². The summed E-state index contributed by atoms with van der Waals surface area (Å²) in [6.45, 7) is 1.55. The molecule has 2 amide bonds. The van der Waals surface area contributed by atoms with Gasteiger partial charge in [-0.25, -0.2) is 0 Å². The Kier molecular flexibility index (Phi) is 4.12. The van der Waals surface area contributed by atoms with Crippen LogP contribution in [0.4, 0.5) is 0 Å². The Morgan fingerprint density at radius 1 is 1.14 bits per heavy atom. The third-order valence-corrected chi connectivity index (χ3v) is 6.03. The van der Waals surface area contributed by atoms with Gasteiger partial charge in [-0.2, -0.15) is 0 Å². The van der Waals surface area contributed by atoms with Gasteiger partial charge in [-0.05, 0) is 25.0 Å². The molecule has 0 bridgehead atoms. The number of hydrogen-bond donors (Lipinski definition) is 0. The summed E-state index contributed by atoms with van der Waals surface area (Å²) in [7, 11) is 0. The number of likely N-dealkylation sites (tertiary alicyclic amines) is 1. The third-order valence-electron chi connectivity index (χ3n) is 6.03. The highest BCUT2D eigenvalue weighted by Crippen LogP contribution is 2.45. The summed E-state index contributed by atoms with van der Waals surface area (Å²) in [6, 6.07) is 9.28. The summed E-state index contributed by atoms with van der Waals surface area (Å²) >= 11 is 0. The molecule has 1 spiro atoms. The summed E-state index contributed by atoms with van der Waals surface area (Å²) in [6.07, 6.45) is 5.77. The Bertz CT molecular complexity index is 897. The van der Waals surface area contributed by atoms with E-state index in [9.17, 15) is 9.59 Å². The lowest BCUT2D eigenvalue weighted by molar-refractivity contribution is -0.141. The summed E-state index contributed by atoms with van der Waals surface area (Å²) in [5.41, 5.74) is 1.67. The molecule has 144 valence electrons. The van der Waals surface area contributed by atoms with E-state index in [1.54, 1.807) is 12.4 Å². The van der Waals surface area contributed by atoms with Crippen molar-refractivity contribution in [2.24, 2.45) is 9.98 Å². The molecule has 0 saturated carbocycles. The number of hydrogen-bond acceptors (Lipinski definition) is 5. The number of carbonyl (C=O) groups is 2. The molecule has 5 rings (SSSR count). The lowest BCUT2D eigenvalue weighted by Crippen LogP contribution is -2.51. The molecule has 0 unspecified atom stereocenters. The molecule has 0 radical (unpaired) electrons. The van der Waals surface area contributed by atoms with Gasteiger partial charge in [-0.1, -0.05) is 18.2 Å². The Labute approximate surface area is 163 Å². The van der Waals surface area contributed by atoms with Crippen molar-refractivity contribution < 1.29 is 14.3 Å². The number of piperidine rings is 1. The second kappa shape index (κ2) is 6.67. The standard InChI is InChI=1S/C21H22N4O3/c26-19(15-4-2-1-3-5-15)24-12-8-21(9-13-24)20(27)25-17(6-7-18(25)28-21)16-14-22-10-11-23-16/h1-5,10-11,18H,6-9,12-14H2/b17-16+/t18-/m1/s1. The number of benzene rings is 1. The zero-order chi connectivity index (χ0) is 19.1. The number of aliphatic imine (C=N–C) groups is 2. The van der Waals surface area contributed by atoms with Crippen LogP contribution in [0.15, 0.2) is 51.7 Å². The highest BCUT2D eigenvalue weighted by Gasteiger charge is 2.57. The van der Waals surface area contributed by atoms with E-state index in [0.717, 1.165) is 24.2 Å².